The molecule has 18 heavy (non-hydrogen) atoms. The van der Waals surface area contributed by atoms with Gasteiger partial charge in [0.1, 0.15) is 5.76 Å². The second-order valence-electron chi connectivity index (χ2n) is 3.98. The number of halogens is 1. The maximum Gasteiger partial charge on any atom is 0.251 e. The number of carbonyl (C=O) groups excluding carboxylic acids is 1. The summed E-state index contributed by atoms with van der Waals surface area (Å²) in [5.41, 5.74) is 6.75. The van der Waals surface area contributed by atoms with Crippen molar-refractivity contribution in [2.24, 2.45) is 0 Å². The summed E-state index contributed by atoms with van der Waals surface area (Å²) in [4.78, 5) is 12.0. The predicted molar refractivity (Wildman–Crippen MR) is 73.1 cm³/mol. The monoisotopic (exact) mass is 308 g/mol. The van der Waals surface area contributed by atoms with Gasteiger partial charge in [0.25, 0.3) is 5.91 Å². The van der Waals surface area contributed by atoms with Crippen molar-refractivity contribution >= 4 is 27.5 Å². The van der Waals surface area contributed by atoms with Crippen LogP contribution >= 0.6 is 15.9 Å². The Morgan fingerprint density at radius 3 is 2.83 bits per heavy atom. The summed E-state index contributed by atoms with van der Waals surface area (Å²) in [6, 6.07) is 8.52. The molecule has 0 saturated heterocycles. The Hall–Kier alpha value is -1.75. The lowest BCUT2D eigenvalue weighted by Crippen LogP contribution is -2.26. The molecule has 1 heterocycles. The molecule has 1 aromatic carbocycles. The van der Waals surface area contributed by atoms with Gasteiger partial charge in [0.2, 0.25) is 0 Å². The van der Waals surface area contributed by atoms with Gasteiger partial charge in [-0.1, -0.05) is 15.9 Å². The lowest BCUT2D eigenvalue weighted by atomic mass is 10.1. The Morgan fingerprint density at radius 2 is 2.22 bits per heavy atom. The van der Waals surface area contributed by atoms with Gasteiger partial charge < -0.3 is 15.5 Å². The summed E-state index contributed by atoms with van der Waals surface area (Å²) in [6.07, 6.45) is 1.58. The van der Waals surface area contributed by atoms with Crippen molar-refractivity contribution in [3.63, 3.8) is 0 Å². The largest absolute Gasteiger partial charge is 0.467 e. The highest BCUT2D eigenvalue weighted by molar-refractivity contribution is 9.10. The van der Waals surface area contributed by atoms with Crippen LogP contribution in [0.25, 0.3) is 0 Å². The van der Waals surface area contributed by atoms with Crippen LogP contribution in [0.5, 0.6) is 0 Å². The summed E-state index contributed by atoms with van der Waals surface area (Å²) in [7, 11) is 0. The molecule has 0 unspecified atom stereocenters. The molecule has 2 aromatic rings. The van der Waals surface area contributed by atoms with Crippen molar-refractivity contribution in [3.8, 4) is 0 Å². The third-order valence-corrected chi connectivity index (χ3v) is 2.96. The average Bonchev–Trinajstić information content (AvgIpc) is 2.80. The van der Waals surface area contributed by atoms with Crippen LogP contribution in [0.4, 0.5) is 5.69 Å². The molecule has 3 N–H and O–H groups in total. The maximum absolute atomic E-state index is 12.0. The SMILES string of the molecule is C[C@@H](NC(=O)c1cc(N)cc(Br)c1)c1ccco1. The highest BCUT2D eigenvalue weighted by Crippen LogP contribution is 2.18. The van der Waals surface area contributed by atoms with Crippen LogP contribution in [-0.4, -0.2) is 5.91 Å². The van der Waals surface area contributed by atoms with Crippen molar-refractivity contribution in [2.75, 3.05) is 5.73 Å². The van der Waals surface area contributed by atoms with Gasteiger partial charge in [0, 0.05) is 15.7 Å². The van der Waals surface area contributed by atoms with Crippen molar-refractivity contribution in [3.05, 3.63) is 52.4 Å². The standard InChI is InChI=1S/C13H13BrN2O2/c1-8(12-3-2-4-18-12)16-13(17)9-5-10(14)7-11(15)6-9/h2-8H,15H2,1H3,(H,16,17)/t8-/m1/s1. The molecular weight excluding hydrogens is 296 g/mol. The van der Waals surface area contributed by atoms with Gasteiger partial charge in [-0.05, 0) is 37.3 Å². The molecule has 1 atom stereocenters. The van der Waals surface area contributed by atoms with E-state index in [1.807, 2.05) is 13.0 Å². The second kappa shape index (κ2) is 5.27. The van der Waals surface area contributed by atoms with E-state index in [0.29, 0.717) is 17.0 Å². The van der Waals surface area contributed by atoms with Gasteiger partial charge in [0.05, 0.1) is 12.3 Å². The van der Waals surface area contributed by atoms with E-state index in [9.17, 15) is 4.79 Å². The molecule has 0 saturated carbocycles. The first kappa shape index (κ1) is 12.7. The minimum atomic E-state index is -0.188. The number of hydrogen-bond donors (Lipinski definition) is 2. The molecule has 0 spiro atoms. The first-order valence-electron chi connectivity index (χ1n) is 5.46. The van der Waals surface area contributed by atoms with Crippen LogP contribution in [0, 0.1) is 0 Å². The highest BCUT2D eigenvalue weighted by Gasteiger charge is 2.13. The molecule has 94 valence electrons. The van der Waals surface area contributed by atoms with Crippen LogP contribution in [0.15, 0.2) is 45.5 Å². The van der Waals surface area contributed by atoms with E-state index < -0.39 is 0 Å². The minimum absolute atomic E-state index is 0.187. The van der Waals surface area contributed by atoms with Crippen molar-refractivity contribution in [2.45, 2.75) is 13.0 Å². The van der Waals surface area contributed by atoms with Crippen LogP contribution in [0.3, 0.4) is 0 Å². The molecule has 0 bridgehead atoms. The highest BCUT2D eigenvalue weighted by atomic mass is 79.9. The zero-order valence-electron chi connectivity index (χ0n) is 9.81. The number of carbonyl (C=O) groups is 1. The van der Waals surface area contributed by atoms with E-state index in [0.717, 1.165) is 4.47 Å². The number of hydrogen-bond acceptors (Lipinski definition) is 3. The minimum Gasteiger partial charge on any atom is -0.467 e. The first-order chi connectivity index (χ1) is 8.56. The molecule has 1 amide bonds. The Labute approximate surface area is 113 Å². The van der Waals surface area contributed by atoms with Crippen LogP contribution in [0.2, 0.25) is 0 Å². The average molecular weight is 309 g/mol. The molecule has 4 nitrogen and oxygen atoms in total. The molecule has 1 aromatic heterocycles. The normalized spacial score (nSPS) is 12.1. The topological polar surface area (TPSA) is 68.3 Å². The number of anilines is 1. The third-order valence-electron chi connectivity index (χ3n) is 2.50. The van der Waals surface area contributed by atoms with Gasteiger partial charge in [-0.3, -0.25) is 4.79 Å². The molecule has 5 heteroatoms. The molecule has 0 radical (unpaired) electrons. The molecule has 2 rings (SSSR count). The lowest BCUT2D eigenvalue weighted by molar-refractivity contribution is 0.0935. The third kappa shape index (κ3) is 2.92. The number of nitrogens with one attached hydrogen (secondary N) is 1. The number of furan rings is 1. The summed E-state index contributed by atoms with van der Waals surface area (Å²) in [5, 5.41) is 2.84. The van der Waals surface area contributed by atoms with Gasteiger partial charge in [-0.25, -0.2) is 0 Å². The summed E-state index contributed by atoms with van der Waals surface area (Å²) >= 11 is 3.31. The van der Waals surface area contributed by atoms with E-state index in [-0.39, 0.29) is 11.9 Å². The van der Waals surface area contributed by atoms with E-state index in [4.69, 9.17) is 10.2 Å². The predicted octanol–water partition coefficient (Wildman–Crippen LogP) is 3.12. The van der Waals surface area contributed by atoms with Crippen LogP contribution in [0.1, 0.15) is 29.1 Å². The fourth-order valence-corrected chi connectivity index (χ4v) is 2.14. The lowest BCUT2D eigenvalue weighted by Gasteiger charge is -2.12. The number of nitrogen functional groups attached to an aromatic ring is 1. The fourth-order valence-electron chi connectivity index (χ4n) is 1.63. The van der Waals surface area contributed by atoms with E-state index >= 15 is 0 Å². The molecule has 0 aliphatic rings. The van der Waals surface area contributed by atoms with Crippen LogP contribution in [-0.2, 0) is 0 Å². The number of rotatable bonds is 3. The van der Waals surface area contributed by atoms with E-state index in [1.165, 1.54) is 0 Å². The fraction of sp³-hybridized carbons (Fsp3) is 0.154. The van der Waals surface area contributed by atoms with Crippen molar-refractivity contribution in [1.29, 1.82) is 0 Å². The smallest absolute Gasteiger partial charge is 0.251 e. The summed E-state index contributed by atoms with van der Waals surface area (Å²) in [5.74, 6) is 0.526. The van der Waals surface area contributed by atoms with Gasteiger partial charge in [0.15, 0.2) is 0 Å². The number of nitrogens with two attached hydrogens (primary N) is 1. The van der Waals surface area contributed by atoms with Crippen LogP contribution < -0.4 is 11.1 Å². The zero-order valence-corrected chi connectivity index (χ0v) is 11.4. The Balaban J connectivity index is 2.12. The Bertz CT molecular complexity index is 532. The second-order valence-corrected chi connectivity index (χ2v) is 4.90. The van der Waals surface area contributed by atoms with Gasteiger partial charge in [-0.2, -0.15) is 0 Å². The van der Waals surface area contributed by atoms with Gasteiger partial charge >= 0.3 is 0 Å². The molecular formula is C13H13BrN2O2. The Kier molecular flexibility index (Phi) is 3.72. The van der Waals surface area contributed by atoms with Crippen molar-refractivity contribution < 1.29 is 9.21 Å². The quantitative estimate of drug-likeness (QED) is 0.856. The number of amides is 1. The number of benzene rings is 1. The zero-order chi connectivity index (χ0) is 13.1. The summed E-state index contributed by atoms with van der Waals surface area (Å²) < 4.78 is 6.01. The molecule has 0 aliphatic carbocycles. The maximum atomic E-state index is 12.0. The van der Waals surface area contributed by atoms with Crippen molar-refractivity contribution in [1.82, 2.24) is 5.32 Å². The van der Waals surface area contributed by atoms with E-state index in [2.05, 4.69) is 21.2 Å². The summed E-state index contributed by atoms with van der Waals surface area (Å²) in [6.45, 7) is 1.86. The van der Waals surface area contributed by atoms with Gasteiger partial charge in [-0.15, -0.1) is 0 Å². The molecule has 0 aliphatic heterocycles. The molecule has 0 fully saturated rings. The van der Waals surface area contributed by atoms with E-state index in [1.54, 1.807) is 30.5 Å². The Morgan fingerprint density at radius 1 is 1.44 bits per heavy atom. The first-order valence-corrected chi connectivity index (χ1v) is 6.26.